The number of β-lactam (4-membered cyclic amide) rings is 1. The maximum absolute atomic E-state index is 13.2. The van der Waals surface area contributed by atoms with Gasteiger partial charge in [-0.25, -0.2) is 9.07 Å². The summed E-state index contributed by atoms with van der Waals surface area (Å²) in [4.78, 5) is 49.1. The fraction of sp³-hybridized carbons (Fsp3) is 0.350. The van der Waals surface area contributed by atoms with Gasteiger partial charge in [-0.3, -0.25) is 14.4 Å². The smallest absolute Gasteiger partial charge is 0.313 e. The number of carboxylic acids is 1. The van der Waals surface area contributed by atoms with Crippen LogP contribution < -0.4 is 15.9 Å². The van der Waals surface area contributed by atoms with Crippen LogP contribution in [0.2, 0.25) is 0 Å². The molecular weight excluding hydrogens is 575 g/mol. The molecule has 3 aromatic rings. The van der Waals surface area contributed by atoms with Crippen molar-refractivity contribution in [1.29, 1.82) is 0 Å². The van der Waals surface area contributed by atoms with Gasteiger partial charge in [-0.05, 0) is 34.7 Å². The first kappa shape index (κ1) is 26.8. The summed E-state index contributed by atoms with van der Waals surface area (Å²) >= 11 is 3.27. The summed E-state index contributed by atoms with van der Waals surface area (Å²) in [5.41, 5.74) is 4.08. The normalized spacial score (nSPS) is 22.7. The molecule has 2 aliphatic heterocycles. The van der Waals surface area contributed by atoms with Crippen molar-refractivity contribution in [2.24, 2.45) is 17.6 Å². The van der Waals surface area contributed by atoms with E-state index in [2.05, 4.69) is 35.4 Å². The van der Waals surface area contributed by atoms with Crippen LogP contribution in [-0.4, -0.2) is 92.5 Å². The molecule has 0 aliphatic carbocycles. The van der Waals surface area contributed by atoms with Crippen LogP contribution in [0.25, 0.3) is 0 Å². The Labute approximate surface area is 231 Å². The third-order valence-corrected chi connectivity index (χ3v) is 9.30. The third kappa shape index (κ3) is 5.36. The molecule has 39 heavy (non-hydrogen) atoms. The fourth-order valence-corrected chi connectivity index (χ4v) is 6.92. The highest BCUT2D eigenvalue weighted by atomic mass is 32.2. The zero-order chi connectivity index (χ0) is 27.7. The minimum absolute atomic E-state index is 0.0394. The Morgan fingerprint density at radius 3 is 2.79 bits per heavy atom. The van der Waals surface area contributed by atoms with E-state index < -0.39 is 40.4 Å². The number of aryl methyl sites for hydroxylation is 1. The van der Waals surface area contributed by atoms with Crippen molar-refractivity contribution in [3.8, 4) is 5.75 Å². The first-order valence-electron chi connectivity index (χ1n) is 11.1. The highest BCUT2D eigenvalue weighted by molar-refractivity contribution is 8.00. The number of benzene rings is 1. The van der Waals surface area contributed by atoms with E-state index in [0.29, 0.717) is 5.16 Å². The van der Waals surface area contributed by atoms with Gasteiger partial charge in [-0.2, -0.15) is 9.36 Å². The van der Waals surface area contributed by atoms with E-state index in [-0.39, 0.29) is 40.5 Å². The van der Waals surface area contributed by atoms with Crippen molar-refractivity contribution < 1.29 is 28.7 Å². The number of aromatic nitrogens is 6. The van der Waals surface area contributed by atoms with Gasteiger partial charge in [0.1, 0.15) is 22.6 Å². The predicted octanol–water partition coefficient (Wildman–Crippen LogP) is -0.171. The van der Waals surface area contributed by atoms with Crippen molar-refractivity contribution in [3.05, 3.63) is 35.9 Å². The molecule has 204 valence electrons. The first-order chi connectivity index (χ1) is 18.7. The standard InChI is InChI=1S/C20H19FN10O5S3/c1-30-19(25-28-29-30)38-8-20(17(34)35)6-31-15(33)12(16(31)37-7-20)23-14(32)11(13-24-18(22)39-27-13)26-36-10-4-2-9(21)3-5-10/h2-5,12,16H,6-8H2,1H3,(H,23,32)(H,34,35)(H2,22,24,27)/t12?,16-,20?/m1/s1. The number of amides is 2. The van der Waals surface area contributed by atoms with E-state index in [4.69, 9.17) is 10.6 Å². The number of nitrogens with one attached hydrogen (secondary N) is 1. The average molecular weight is 595 g/mol. The van der Waals surface area contributed by atoms with Gasteiger partial charge >= 0.3 is 5.97 Å². The molecule has 4 N–H and O–H groups in total. The van der Waals surface area contributed by atoms with Crippen LogP contribution in [0.5, 0.6) is 5.75 Å². The van der Waals surface area contributed by atoms with E-state index in [1.165, 1.54) is 45.2 Å². The molecule has 1 aromatic carbocycles. The Morgan fingerprint density at radius 1 is 1.38 bits per heavy atom. The van der Waals surface area contributed by atoms with Gasteiger partial charge in [0, 0.05) is 36.6 Å². The quantitative estimate of drug-likeness (QED) is 0.128. The molecule has 2 amide bonds. The van der Waals surface area contributed by atoms with Crippen LogP contribution in [0.4, 0.5) is 9.52 Å². The number of aliphatic carboxylic acids is 1. The molecule has 2 aromatic heterocycles. The largest absolute Gasteiger partial charge is 0.481 e. The number of oxime groups is 1. The summed E-state index contributed by atoms with van der Waals surface area (Å²) in [5, 5.41) is 27.7. The summed E-state index contributed by atoms with van der Waals surface area (Å²) in [6.45, 7) is -0.0394. The number of tetrazole rings is 1. The molecular formula is C20H19FN10O5S3. The number of nitrogens with two attached hydrogens (primary N) is 1. The van der Waals surface area contributed by atoms with E-state index in [9.17, 15) is 23.9 Å². The van der Waals surface area contributed by atoms with Crippen LogP contribution in [0.3, 0.4) is 0 Å². The molecule has 2 fully saturated rings. The average Bonchev–Trinajstić information content (AvgIpc) is 3.54. The summed E-state index contributed by atoms with van der Waals surface area (Å²) < 4.78 is 18.6. The number of hydrogen-bond donors (Lipinski definition) is 3. The molecule has 2 saturated heterocycles. The number of carbonyl (C=O) groups excluding carboxylic acids is 2. The van der Waals surface area contributed by atoms with Crippen molar-refractivity contribution in [2.45, 2.75) is 16.6 Å². The second-order valence-corrected chi connectivity index (χ2v) is 11.4. The van der Waals surface area contributed by atoms with E-state index in [1.54, 1.807) is 7.05 Å². The lowest BCUT2D eigenvalue weighted by Gasteiger charge is -2.53. The number of halogens is 1. The number of nitrogens with zero attached hydrogens (tertiary/aromatic N) is 8. The molecule has 0 saturated carbocycles. The number of rotatable bonds is 9. The molecule has 19 heteroatoms. The molecule has 2 aliphatic rings. The minimum Gasteiger partial charge on any atom is -0.481 e. The Hall–Kier alpha value is -3.84. The second-order valence-electron chi connectivity index (χ2n) is 8.52. The summed E-state index contributed by atoms with van der Waals surface area (Å²) in [6.07, 6.45) is 0. The number of carboxylic acid groups (broad SMARTS) is 1. The number of nitrogen functional groups attached to an aromatic ring is 1. The lowest BCUT2D eigenvalue weighted by molar-refractivity contribution is -0.157. The summed E-state index contributed by atoms with van der Waals surface area (Å²) in [6, 6.07) is 4.02. The number of thioether (sulfide) groups is 2. The number of anilines is 1. The Bertz CT molecular complexity index is 1450. The van der Waals surface area contributed by atoms with Gasteiger partial charge in [0.05, 0.1) is 0 Å². The lowest BCUT2D eigenvalue weighted by Crippen LogP contribution is -2.74. The van der Waals surface area contributed by atoms with Crippen LogP contribution in [0, 0.1) is 11.2 Å². The fourth-order valence-electron chi connectivity index (χ4n) is 3.77. The molecule has 0 radical (unpaired) electrons. The molecule has 5 rings (SSSR count). The molecule has 3 atom stereocenters. The zero-order valence-electron chi connectivity index (χ0n) is 19.9. The topological polar surface area (TPSA) is 204 Å². The van der Waals surface area contributed by atoms with Crippen molar-refractivity contribution >= 4 is 63.7 Å². The first-order valence-corrected chi connectivity index (χ1v) is 13.9. The minimum atomic E-state index is -1.24. The van der Waals surface area contributed by atoms with Crippen LogP contribution in [0.1, 0.15) is 5.82 Å². The van der Waals surface area contributed by atoms with Gasteiger partial charge in [-0.1, -0.05) is 16.9 Å². The number of fused-ring (bicyclic) bond motifs is 1. The monoisotopic (exact) mass is 594 g/mol. The molecule has 15 nitrogen and oxygen atoms in total. The van der Waals surface area contributed by atoms with Gasteiger partial charge < -0.3 is 25.9 Å². The van der Waals surface area contributed by atoms with Crippen molar-refractivity contribution in [1.82, 2.24) is 39.8 Å². The Kier molecular flexibility index (Phi) is 7.36. The maximum Gasteiger partial charge on any atom is 0.313 e. The molecule has 0 bridgehead atoms. The molecule has 4 heterocycles. The highest BCUT2D eigenvalue weighted by Crippen LogP contribution is 2.44. The van der Waals surface area contributed by atoms with Crippen LogP contribution in [0.15, 0.2) is 34.6 Å². The third-order valence-electron chi connectivity index (χ3n) is 5.87. The van der Waals surface area contributed by atoms with Gasteiger partial charge in [-0.15, -0.1) is 16.9 Å². The highest BCUT2D eigenvalue weighted by Gasteiger charge is 2.57. The number of carbonyl (C=O) groups is 3. The van der Waals surface area contributed by atoms with Crippen LogP contribution in [-0.2, 0) is 21.4 Å². The second kappa shape index (κ2) is 10.7. The van der Waals surface area contributed by atoms with Crippen molar-refractivity contribution in [3.63, 3.8) is 0 Å². The molecule has 0 spiro atoms. The number of hydrogen-bond acceptors (Lipinski definition) is 14. The van der Waals surface area contributed by atoms with Gasteiger partial charge in [0.25, 0.3) is 5.91 Å². The van der Waals surface area contributed by atoms with Gasteiger partial charge in [0.15, 0.2) is 10.9 Å². The van der Waals surface area contributed by atoms with E-state index >= 15 is 0 Å². The SMILES string of the molecule is Cn1nnnc1SCC1(C(=O)O)CS[C@@H]2C(NC(=O)C(=NOc3ccc(F)cc3)c3nsc(N)n3)C(=O)N2C1. The predicted molar refractivity (Wildman–Crippen MR) is 137 cm³/mol. The summed E-state index contributed by atoms with van der Waals surface area (Å²) in [5.74, 6) is -2.39. The molecule has 2 unspecified atom stereocenters. The Morgan fingerprint density at radius 2 is 2.15 bits per heavy atom. The van der Waals surface area contributed by atoms with E-state index in [0.717, 1.165) is 23.7 Å². The van der Waals surface area contributed by atoms with E-state index in [1.807, 2.05) is 0 Å². The lowest BCUT2D eigenvalue weighted by atomic mass is 9.89. The van der Waals surface area contributed by atoms with Crippen LogP contribution >= 0.6 is 35.1 Å². The summed E-state index contributed by atoms with van der Waals surface area (Å²) in [7, 11) is 1.64. The maximum atomic E-state index is 13.2. The zero-order valence-corrected chi connectivity index (χ0v) is 22.4. The Balaban J connectivity index is 1.28. The van der Waals surface area contributed by atoms with Crippen molar-refractivity contribution in [2.75, 3.05) is 23.8 Å². The van der Waals surface area contributed by atoms with Gasteiger partial charge in [0.2, 0.25) is 22.6 Å².